The number of nitrogens with zero attached hydrogens (tertiary/aromatic N) is 2. The number of hydrogen-bond acceptors (Lipinski definition) is 3. The summed E-state index contributed by atoms with van der Waals surface area (Å²) in [6, 6.07) is 20.9. The zero-order valence-corrected chi connectivity index (χ0v) is 18.5. The van der Waals surface area contributed by atoms with Gasteiger partial charge in [-0.3, -0.25) is 4.79 Å². The van der Waals surface area contributed by atoms with E-state index in [-0.39, 0.29) is 11.7 Å². The molecule has 4 aromatic rings. The second-order valence-corrected chi connectivity index (χ2v) is 8.29. The fraction of sp³-hybridized carbons (Fsp3) is 0.0769. The minimum Gasteiger partial charge on any atom is -0.339 e. The van der Waals surface area contributed by atoms with Gasteiger partial charge in [0, 0.05) is 22.0 Å². The molecule has 5 nitrogen and oxygen atoms in total. The fourth-order valence-corrected chi connectivity index (χ4v) is 3.96. The number of aryl methyl sites for hydroxylation is 1. The van der Waals surface area contributed by atoms with Gasteiger partial charge in [-0.05, 0) is 48.9 Å². The standard InChI is InChI=1S/C26H20ClFN4O/c1-16-6-12-19(13-7-16)30-26(33)21-15-29-32-24(20-4-2-3-5-22(20)28)14-23(31-25(21)32)17-8-10-18(27)11-9-17/h2-15,24,31H,1H3,(H,30,33)/t24-/m0/s1. The first-order valence-corrected chi connectivity index (χ1v) is 10.8. The number of fused-ring (bicyclic) bond motifs is 1. The average Bonchev–Trinajstić information content (AvgIpc) is 3.25. The SMILES string of the molecule is Cc1ccc(NC(=O)c2cnn3c2NC(c2ccc(Cl)cc2)=C[C@H]3c2ccccc2F)cc1. The van der Waals surface area contributed by atoms with Crippen molar-refractivity contribution in [3.63, 3.8) is 0 Å². The molecule has 33 heavy (non-hydrogen) atoms. The normalized spacial score (nSPS) is 14.8. The number of halogens is 2. The van der Waals surface area contributed by atoms with Gasteiger partial charge in [0.05, 0.1) is 6.20 Å². The summed E-state index contributed by atoms with van der Waals surface area (Å²) in [6.45, 7) is 1.98. The van der Waals surface area contributed by atoms with E-state index >= 15 is 0 Å². The second-order valence-electron chi connectivity index (χ2n) is 7.85. The Kier molecular flexibility index (Phi) is 5.44. The van der Waals surface area contributed by atoms with Gasteiger partial charge in [-0.15, -0.1) is 0 Å². The summed E-state index contributed by atoms with van der Waals surface area (Å²) in [5, 5.41) is 11.3. The molecule has 0 radical (unpaired) electrons. The molecule has 1 aliphatic heterocycles. The van der Waals surface area contributed by atoms with Crippen LogP contribution in [0.15, 0.2) is 85.1 Å². The van der Waals surface area contributed by atoms with Crippen molar-refractivity contribution in [3.8, 4) is 0 Å². The van der Waals surface area contributed by atoms with Gasteiger partial charge in [-0.2, -0.15) is 5.10 Å². The number of carbonyl (C=O) groups is 1. The number of hydrogen-bond donors (Lipinski definition) is 2. The monoisotopic (exact) mass is 458 g/mol. The van der Waals surface area contributed by atoms with Crippen LogP contribution in [0.5, 0.6) is 0 Å². The van der Waals surface area contributed by atoms with Gasteiger partial charge in [0.15, 0.2) is 0 Å². The molecule has 5 rings (SSSR count). The lowest BCUT2D eigenvalue weighted by Crippen LogP contribution is -2.22. The van der Waals surface area contributed by atoms with Crippen molar-refractivity contribution < 1.29 is 9.18 Å². The Morgan fingerprint density at radius 1 is 1.06 bits per heavy atom. The van der Waals surface area contributed by atoms with E-state index in [9.17, 15) is 9.18 Å². The predicted octanol–water partition coefficient (Wildman–Crippen LogP) is 6.29. The maximum atomic E-state index is 14.7. The highest BCUT2D eigenvalue weighted by Gasteiger charge is 2.29. The van der Waals surface area contributed by atoms with Crippen molar-refractivity contribution >= 4 is 34.7 Å². The van der Waals surface area contributed by atoms with E-state index in [0.717, 1.165) is 16.8 Å². The molecule has 1 atom stereocenters. The second kappa shape index (κ2) is 8.56. The summed E-state index contributed by atoms with van der Waals surface area (Å²) in [5.74, 6) is -0.166. The minimum atomic E-state index is -0.533. The van der Waals surface area contributed by atoms with Crippen LogP contribution in [0.4, 0.5) is 15.9 Å². The first kappa shape index (κ1) is 21.0. The summed E-state index contributed by atoms with van der Waals surface area (Å²) in [5.41, 5.74) is 4.19. The number of allylic oxidation sites excluding steroid dienone is 1. The topological polar surface area (TPSA) is 59.0 Å². The Bertz CT molecular complexity index is 1360. The predicted molar refractivity (Wildman–Crippen MR) is 129 cm³/mol. The molecule has 0 aliphatic carbocycles. The van der Waals surface area contributed by atoms with Crippen molar-refractivity contribution in [3.05, 3.63) is 118 Å². The van der Waals surface area contributed by atoms with Crippen molar-refractivity contribution in [1.82, 2.24) is 9.78 Å². The molecule has 7 heteroatoms. The molecule has 0 unspecified atom stereocenters. The number of nitrogens with one attached hydrogen (secondary N) is 2. The maximum Gasteiger partial charge on any atom is 0.261 e. The van der Waals surface area contributed by atoms with E-state index < -0.39 is 6.04 Å². The van der Waals surface area contributed by atoms with Gasteiger partial charge in [0.25, 0.3) is 5.91 Å². The summed E-state index contributed by atoms with van der Waals surface area (Å²) < 4.78 is 16.4. The minimum absolute atomic E-state index is 0.308. The van der Waals surface area contributed by atoms with Crippen molar-refractivity contribution in [1.29, 1.82) is 0 Å². The molecule has 1 aliphatic rings. The third kappa shape index (κ3) is 4.13. The molecule has 0 spiro atoms. The maximum absolute atomic E-state index is 14.7. The Morgan fingerprint density at radius 2 is 1.79 bits per heavy atom. The van der Waals surface area contributed by atoms with Gasteiger partial charge in [-0.1, -0.05) is 59.6 Å². The van der Waals surface area contributed by atoms with Gasteiger partial charge in [0.1, 0.15) is 23.2 Å². The molecule has 2 N–H and O–H groups in total. The smallest absolute Gasteiger partial charge is 0.261 e. The molecular weight excluding hydrogens is 439 g/mol. The highest BCUT2D eigenvalue weighted by molar-refractivity contribution is 6.30. The van der Waals surface area contributed by atoms with Crippen LogP contribution in [0.25, 0.3) is 5.70 Å². The first-order chi connectivity index (χ1) is 16.0. The van der Waals surface area contributed by atoms with E-state index in [2.05, 4.69) is 15.7 Å². The van der Waals surface area contributed by atoms with Crippen LogP contribution in [-0.2, 0) is 0 Å². The van der Waals surface area contributed by atoms with E-state index in [1.54, 1.807) is 35.0 Å². The average molecular weight is 459 g/mol. The van der Waals surface area contributed by atoms with Crippen LogP contribution in [0.3, 0.4) is 0 Å². The number of rotatable bonds is 4. The van der Waals surface area contributed by atoms with Crippen LogP contribution < -0.4 is 10.6 Å². The molecule has 1 amide bonds. The molecule has 3 aromatic carbocycles. The zero-order valence-electron chi connectivity index (χ0n) is 17.7. The highest BCUT2D eigenvalue weighted by Crippen LogP contribution is 2.36. The van der Waals surface area contributed by atoms with Crippen LogP contribution in [0.1, 0.15) is 33.1 Å². The van der Waals surface area contributed by atoms with Crippen molar-refractivity contribution in [2.45, 2.75) is 13.0 Å². The van der Waals surface area contributed by atoms with Gasteiger partial charge >= 0.3 is 0 Å². The van der Waals surface area contributed by atoms with Gasteiger partial charge < -0.3 is 10.6 Å². The summed E-state index contributed by atoms with van der Waals surface area (Å²) in [7, 11) is 0. The van der Waals surface area contributed by atoms with E-state index in [1.807, 2.05) is 49.4 Å². The third-order valence-corrected chi connectivity index (χ3v) is 5.82. The highest BCUT2D eigenvalue weighted by atomic mass is 35.5. The number of benzene rings is 3. The lowest BCUT2D eigenvalue weighted by atomic mass is 10.0. The van der Waals surface area contributed by atoms with Crippen LogP contribution in [0, 0.1) is 12.7 Å². The van der Waals surface area contributed by atoms with Crippen LogP contribution in [0.2, 0.25) is 5.02 Å². The molecule has 0 saturated carbocycles. The van der Waals surface area contributed by atoms with Crippen molar-refractivity contribution in [2.75, 3.05) is 10.6 Å². The Hall–Kier alpha value is -3.90. The third-order valence-electron chi connectivity index (χ3n) is 5.57. The van der Waals surface area contributed by atoms with Crippen molar-refractivity contribution in [2.24, 2.45) is 0 Å². The molecule has 0 bridgehead atoms. The number of amides is 1. The van der Waals surface area contributed by atoms with E-state index in [1.165, 1.54) is 12.3 Å². The summed E-state index contributed by atoms with van der Waals surface area (Å²) in [4.78, 5) is 13.1. The van der Waals surface area contributed by atoms with E-state index in [0.29, 0.717) is 27.7 Å². The lowest BCUT2D eigenvalue weighted by Gasteiger charge is -2.26. The summed E-state index contributed by atoms with van der Waals surface area (Å²) >= 11 is 6.06. The molecule has 1 aromatic heterocycles. The zero-order chi connectivity index (χ0) is 22.9. The van der Waals surface area contributed by atoms with Gasteiger partial charge in [-0.25, -0.2) is 9.07 Å². The number of aromatic nitrogens is 2. The van der Waals surface area contributed by atoms with Crippen LogP contribution >= 0.6 is 11.6 Å². The quantitative estimate of drug-likeness (QED) is 0.377. The largest absolute Gasteiger partial charge is 0.339 e. The summed E-state index contributed by atoms with van der Waals surface area (Å²) in [6.07, 6.45) is 3.39. The molecule has 0 fully saturated rings. The Morgan fingerprint density at radius 3 is 2.52 bits per heavy atom. The van der Waals surface area contributed by atoms with Gasteiger partial charge in [0.2, 0.25) is 0 Å². The Labute approximate surface area is 195 Å². The Balaban J connectivity index is 1.56. The number of carbonyl (C=O) groups excluding carboxylic acids is 1. The van der Waals surface area contributed by atoms with E-state index in [4.69, 9.17) is 11.6 Å². The molecular formula is C26H20ClFN4O. The van der Waals surface area contributed by atoms with Crippen LogP contribution in [-0.4, -0.2) is 15.7 Å². The number of anilines is 2. The fourth-order valence-electron chi connectivity index (χ4n) is 3.83. The molecule has 0 saturated heterocycles. The first-order valence-electron chi connectivity index (χ1n) is 10.4. The lowest BCUT2D eigenvalue weighted by molar-refractivity contribution is 0.102. The molecule has 2 heterocycles. The molecule has 164 valence electrons.